The van der Waals surface area contributed by atoms with Crippen LogP contribution in [0.2, 0.25) is 0 Å². The number of benzene rings is 1. The molecular formula is C8H9F2NO. The smallest absolute Gasteiger partial charge is 0.165 e. The molecule has 0 saturated heterocycles. The van der Waals surface area contributed by atoms with Crippen LogP contribution in [0.15, 0.2) is 18.2 Å². The van der Waals surface area contributed by atoms with Gasteiger partial charge in [0.05, 0.1) is 0 Å². The molecular weight excluding hydrogens is 164 g/mol. The summed E-state index contributed by atoms with van der Waals surface area (Å²) in [6.45, 7) is 0. The molecule has 0 aliphatic heterocycles. The van der Waals surface area contributed by atoms with Crippen molar-refractivity contribution in [1.82, 2.24) is 0 Å². The van der Waals surface area contributed by atoms with Gasteiger partial charge in [-0.05, 0) is 6.07 Å². The Hall–Kier alpha value is -1.00. The predicted octanol–water partition coefficient (Wildman–Crippen LogP) is 1.57. The first-order chi connectivity index (χ1) is 5.66. The number of hydrogen-bond donors (Lipinski definition) is 1. The van der Waals surface area contributed by atoms with Crippen molar-refractivity contribution in [3.8, 4) is 0 Å². The van der Waals surface area contributed by atoms with E-state index in [-0.39, 0.29) is 5.56 Å². The summed E-state index contributed by atoms with van der Waals surface area (Å²) in [7, 11) is 1.33. The number of methoxy groups -OCH3 is 1. The molecule has 0 heterocycles. The molecule has 66 valence electrons. The van der Waals surface area contributed by atoms with E-state index in [1.165, 1.54) is 19.2 Å². The zero-order chi connectivity index (χ0) is 9.14. The molecule has 0 bridgehead atoms. The fourth-order valence-corrected chi connectivity index (χ4v) is 0.867. The molecule has 0 fully saturated rings. The fourth-order valence-electron chi connectivity index (χ4n) is 0.867. The molecule has 4 heteroatoms. The second-order valence-electron chi connectivity index (χ2n) is 2.30. The summed E-state index contributed by atoms with van der Waals surface area (Å²) in [4.78, 5) is 0. The van der Waals surface area contributed by atoms with Gasteiger partial charge in [-0.2, -0.15) is 0 Å². The molecule has 1 aromatic rings. The summed E-state index contributed by atoms with van der Waals surface area (Å²) in [5.41, 5.74) is 5.36. The van der Waals surface area contributed by atoms with Crippen molar-refractivity contribution in [1.29, 1.82) is 0 Å². The maximum atomic E-state index is 12.9. The van der Waals surface area contributed by atoms with Gasteiger partial charge >= 0.3 is 0 Å². The van der Waals surface area contributed by atoms with Crippen LogP contribution in [0.3, 0.4) is 0 Å². The minimum atomic E-state index is -0.952. The maximum absolute atomic E-state index is 12.9. The van der Waals surface area contributed by atoms with Gasteiger partial charge in [-0.1, -0.05) is 12.1 Å². The molecule has 0 saturated carbocycles. The standard InChI is InChI=1S/C8H9F2NO/c1-12-8(11)5-3-2-4-6(9)7(5)10/h2-4,8H,11H2,1H3. The molecule has 0 aromatic heterocycles. The van der Waals surface area contributed by atoms with Crippen molar-refractivity contribution in [3.63, 3.8) is 0 Å². The van der Waals surface area contributed by atoms with E-state index in [4.69, 9.17) is 5.73 Å². The monoisotopic (exact) mass is 173 g/mol. The van der Waals surface area contributed by atoms with Crippen LogP contribution >= 0.6 is 0 Å². The van der Waals surface area contributed by atoms with Gasteiger partial charge in [0.1, 0.15) is 6.23 Å². The minimum absolute atomic E-state index is 0.0255. The molecule has 2 nitrogen and oxygen atoms in total. The molecule has 0 aliphatic rings. The molecule has 1 rings (SSSR count). The molecule has 0 radical (unpaired) electrons. The molecule has 0 amide bonds. The molecule has 0 aliphatic carbocycles. The van der Waals surface area contributed by atoms with Gasteiger partial charge < -0.3 is 10.5 Å². The van der Waals surface area contributed by atoms with E-state index < -0.39 is 17.9 Å². The van der Waals surface area contributed by atoms with Gasteiger partial charge in [0, 0.05) is 12.7 Å². The lowest BCUT2D eigenvalue weighted by Crippen LogP contribution is -2.14. The Morgan fingerprint density at radius 2 is 2.08 bits per heavy atom. The zero-order valence-corrected chi connectivity index (χ0v) is 6.55. The lowest BCUT2D eigenvalue weighted by Gasteiger charge is -2.10. The van der Waals surface area contributed by atoms with Crippen molar-refractivity contribution in [2.24, 2.45) is 5.73 Å². The van der Waals surface area contributed by atoms with Crippen LogP contribution in [0, 0.1) is 11.6 Å². The van der Waals surface area contributed by atoms with Crippen molar-refractivity contribution in [3.05, 3.63) is 35.4 Å². The zero-order valence-electron chi connectivity index (χ0n) is 6.55. The Balaban J connectivity index is 3.07. The van der Waals surface area contributed by atoms with Crippen molar-refractivity contribution in [2.45, 2.75) is 6.23 Å². The summed E-state index contributed by atoms with van der Waals surface area (Å²) >= 11 is 0. The predicted molar refractivity (Wildman–Crippen MR) is 40.3 cm³/mol. The van der Waals surface area contributed by atoms with Crippen LogP contribution in [0.25, 0.3) is 0 Å². The average molecular weight is 173 g/mol. The molecule has 1 atom stereocenters. The number of nitrogens with two attached hydrogens (primary N) is 1. The molecule has 0 spiro atoms. The van der Waals surface area contributed by atoms with Gasteiger partial charge in [-0.3, -0.25) is 0 Å². The van der Waals surface area contributed by atoms with Crippen LogP contribution < -0.4 is 5.73 Å². The summed E-state index contributed by atoms with van der Waals surface area (Å²) in [5.74, 6) is -1.87. The highest BCUT2D eigenvalue weighted by Crippen LogP contribution is 2.17. The van der Waals surface area contributed by atoms with Gasteiger partial charge in [0.25, 0.3) is 0 Å². The second-order valence-corrected chi connectivity index (χ2v) is 2.30. The normalized spacial score (nSPS) is 13.0. The Labute approximate surface area is 68.9 Å². The third-order valence-electron chi connectivity index (χ3n) is 1.54. The second kappa shape index (κ2) is 3.60. The quantitative estimate of drug-likeness (QED) is 0.689. The molecule has 1 unspecified atom stereocenters. The summed E-state index contributed by atoms with van der Waals surface area (Å²) in [6, 6.07) is 3.79. The van der Waals surface area contributed by atoms with Crippen LogP contribution in [-0.2, 0) is 4.74 Å². The van der Waals surface area contributed by atoms with E-state index in [2.05, 4.69) is 4.74 Å². The Bertz CT molecular complexity index is 278. The Morgan fingerprint density at radius 1 is 1.42 bits per heavy atom. The lowest BCUT2D eigenvalue weighted by molar-refractivity contribution is 0.105. The van der Waals surface area contributed by atoms with Crippen LogP contribution in [-0.4, -0.2) is 7.11 Å². The van der Waals surface area contributed by atoms with Crippen LogP contribution in [0.4, 0.5) is 8.78 Å². The van der Waals surface area contributed by atoms with E-state index in [1.807, 2.05) is 0 Å². The van der Waals surface area contributed by atoms with Gasteiger partial charge in [0.15, 0.2) is 11.6 Å². The number of ether oxygens (including phenoxy) is 1. The number of halogens is 2. The third-order valence-corrected chi connectivity index (χ3v) is 1.54. The van der Waals surface area contributed by atoms with Crippen molar-refractivity contribution in [2.75, 3.05) is 7.11 Å². The van der Waals surface area contributed by atoms with Gasteiger partial charge in [-0.15, -0.1) is 0 Å². The van der Waals surface area contributed by atoms with E-state index in [1.54, 1.807) is 0 Å². The number of hydrogen-bond acceptors (Lipinski definition) is 2. The van der Waals surface area contributed by atoms with E-state index in [0.717, 1.165) is 6.07 Å². The first kappa shape index (κ1) is 9.09. The van der Waals surface area contributed by atoms with Crippen molar-refractivity contribution >= 4 is 0 Å². The van der Waals surface area contributed by atoms with Crippen molar-refractivity contribution < 1.29 is 13.5 Å². The Morgan fingerprint density at radius 3 is 2.67 bits per heavy atom. The topological polar surface area (TPSA) is 35.2 Å². The summed E-state index contributed by atoms with van der Waals surface area (Å²) < 4.78 is 30.1. The highest BCUT2D eigenvalue weighted by Gasteiger charge is 2.13. The minimum Gasteiger partial charge on any atom is -0.362 e. The number of rotatable bonds is 2. The van der Waals surface area contributed by atoms with E-state index >= 15 is 0 Å². The SMILES string of the molecule is COC(N)c1cccc(F)c1F. The molecule has 2 N–H and O–H groups in total. The highest BCUT2D eigenvalue weighted by atomic mass is 19.2. The largest absolute Gasteiger partial charge is 0.362 e. The molecule has 12 heavy (non-hydrogen) atoms. The van der Waals surface area contributed by atoms with Crippen LogP contribution in [0.5, 0.6) is 0 Å². The van der Waals surface area contributed by atoms with Gasteiger partial charge in [0.2, 0.25) is 0 Å². The maximum Gasteiger partial charge on any atom is 0.165 e. The third kappa shape index (κ3) is 1.60. The summed E-state index contributed by atoms with van der Waals surface area (Å²) in [5, 5.41) is 0. The Kier molecular flexibility index (Phi) is 2.73. The van der Waals surface area contributed by atoms with Crippen LogP contribution in [0.1, 0.15) is 11.8 Å². The van der Waals surface area contributed by atoms with E-state index in [9.17, 15) is 8.78 Å². The summed E-state index contributed by atoms with van der Waals surface area (Å²) in [6.07, 6.45) is -0.916. The first-order valence-electron chi connectivity index (χ1n) is 3.39. The molecule has 1 aromatic carbocycles. The highest BCUT2D eigenvalue weighted by molar-refractivity contribution is 5.20. The lowest BCUT2D eigenvalue weighted by atomic mass is 10.2. The fraction of sp³-hybridized carbons (Fsp3) is 0.250. The van der Waals surface area contributed by atoms with Gasteiger partial charge in [-0.25, -0.2) is 8.78 Å². The van der Waals surface area contributed by atoms with E-state index in [0.29, 0.717) is 0 Å². The average Bonchev–Trinajstić information content (AvgIpc) is 2.08. The first-order valence-corrected chi connectivity index (χ1v) is 3.39.